The highest BCUT2D eigenvalue weighted by Crippen LogP contribution is 2.27. The van der Waals surface area contributed by atoms with Gasteiger partial charge in [-0.1, -0.05) is 6.92 Å². The lowest BCUT2D eigenvalue weighted by molar-refractivity contribution is -0.150. The van der Waals surface area contributed by atoms with E-state index in [-0.39, 0.29) is 5.97 Å². The van der Waals surface area contributed by atoms with Crippen molar-refractivity contribution in [2.45, 2.75) is 70.9 Å². The Labute approximate surface area is 124 Å². The van der Waals surface area contributed by atoms with E-state index in [4.69, 9.17) is 4.74 Å². The standard InChI is InChI=1S/C16H32N2O2/c1-5-12-18(14-9-10-14)13-8-7-11-16(3,17-4)15(19)20-6-2/h14,17H,5-13H2,1-4H3. The van der Waals surface area contributed by atoms with Crippen molar-refractivity contribution < 1.29 is 9.53 Å². The predicted octanol–water partition coefficient (Wildman–Crippen LogP) is 2.57. The Balaban J connectivity index is 2.28. The van der Waals surface area contributed by atoms with Crippen LogP contribution in [0, 0.1) is 0 Å². The van der Waals surface area contributed by atoms with Crippen molar-refractivity contribution in [2.24, 2.45) is 0 Å². The van der Waals surface area contributed by atoms with Crippen molar-refractivity contribution >= 4 is 5.97 Å². The topological polar surface area (TPSA) is 41.6 Å². The van der Waals surface area contributed by atoms with E-state index < -0.39 is 5.54 Å². The van der Waals surface area contributed by atoms with Crippen molar-refractivity contribution in [3.8, 4) is 0 Å². The first kappa shape index (κ1) is 17.4. The SMILES string of the molecule is CCCN(CCCCC(C)(NC)C(=O)OCC)C1CC1. The summed E-state index contributed by atoms with van der Waals surface area (Å²) in [5.41, 5.74) is -0.537. The van der Waals surface area contributed by atoms with Crippen LogP contribution in [0.2, 0.25) is 0 Å². The molecule has 1 unspecified atom stereocenters. The van der Waals surface area contributed by atoms with Crippen molar-refractivity contribution in [3.05, 3.63) is 0 Å². The van der Waals surface area contributed by atoms with Gasteiger partial charge in [-0.3, -0.25) is 4.79 Å². The van der Waals surface area contributed by atoms with Gasteiger partial charge in [0.1, 0.15) is 5.54 Å². The van der Waals surface area contributed by atoms with E-state index in [2.05, 4.69) is 17.1 Å². The fourth-order valence-corrected chi connectivity index (χ4v) is 2.62. The predicted molar refractivity (Wildman–Crippen MR) is 82.8 cm³/mol. The molecule has 1 N–H and O–H groups in total. The molecule has 1 aliphatic rings. The van der Waals surface area contributed by atoms with Crippen molar-refractivity contribution in [3.63, 3.8) is 0 Å². The molecule has 0 aromatic heterocycles. The van der Waals surface area contributed by atoms with Crippen LogP contribution in [0.15, 0.2) is 0 Å². The Morgan fingerprint density at radius 3 is 2.50 bits per heavy atom. The van der Waals surface area contributed by atoms with Crippen molar-refractivity contribution in [1.82, 2.24) is 10.2 Å². The van der Waals surface area contributed by atoms with Gasteiger partial charge in [0.2, 0.25) is 0 Å². The minimum absolute atomic E-state index is 0.130. The molecule has 0 aromatic carbocycles. The number of carbonyl (C=O) groups excluding carboxylic acids is 1. The maximum Gasteiger partial charge on any atom is 0.326 e. The Hall–Kier alpha value is -0.610. The van der Waals surface area contributed by atoms with Crippen LogP contribution in [-0.4, -0.2) is 49.2 Å². The smallest absolute Gasteiger partial charge is 0.326 e. The van der Waals surface area contributed by atoms with E-state index in [1.54, 1.807) is 0 Å². The average Bonchev–Trinajstić information content (AvgIpc) is 3.26. The number of rotatable bonds is 11. The molecule has 118 valence electrons. The molecule has 0 bridgehead atoms. The largest absolute Gasteiger partial charge is 0.465 e. The molecule has 0 radical (unpaired) electrons. The van der Waals surface area contributed by atoms with E-state index in [0.29, 0.717) is 6.61 Å². The van der Waals surface area contributed by atoms with Gasteiger partial charge < -0.3 is 15.0 Å². The maximum atomic E-state index is 11.9. The van der Waals surface area contributed by atoms with E-state index in [1.807, 2.05) is 20.9 Å². The monoisotopic (exact) mass is 284 g/mol. The van der Waals surface area contributed by atoms with Crippen LogP contribution in [0.4, 0.5) is 0 Å². The number of nitrogens with zero attached hydrogens (tertiary/aromatic N) is 1. The first-order valence-electron chi connectivity index (χ1n) is 8.17. The third kappa shape index (κ3) is 5.41. The van der Waals surface area contributed by atoms with Gasteiger partial charge in [0.15, 0.2) is 0 Å². The molecule has 20 heavy (non-hydrogen) atoms. The van der Waals surface area contributed by atoms with E-state index >= 15 is 0 Å². The first-order chi connectivity index (χ1) is 9.57. The van der Waals surface area contributed by atoms with Gasteiger partial charge in [-0.15, -0.1) is 0 Å². The van der Waals surface area contributed by atoms with Gasteiger partial charge >= 0.3 is 5.97 Å². The molecular weight excluding hydrogens is 252 g/mol. The minimum atomic E-state index is -0.537. The second-order valence-corrected chi connectivity index (χ2v) is 6.03. The summed E-state index contributed by atoms with van der Waals surface area (Å²) in [4.78, 5) is 14.6. The molecule has 0 heterocycles. The lowest BCUT2D eigenvalue weighted by atomic mass is 9.95. The molecule has 0 spiro atoms. The van der Waals surface area contributed by atoms with Gasteiger partial charge in [-0.2, -0.15) is 0 Å². The van der Waals surface area contributed by atoms with Gasteiger partial charge in [0.05, 0.1) is 6.61 Å². The summed E-state index contributed by atoms with van der Waals surface area (Å²) in [5, 5.41) is 3.12. The van der Waals surface area contributed by atoms with Crippen LogP contribution >= 0.6 is 0 Å². The van der Waals surface area contributed by atoms with Crippen molar-refractivity contribution in [1.29, 1.82) is 0 Å². The summed E-state index contributed by atoms with van der Waals surface area (Å²) in [5.74, 6) is -0.130. The molecule has 0 amide bonds. The number of hydrogen-bond donors (Lipinski definition) is 1. The third-order valence-corrected chi connectivity index (χ3v) is 4.22. The van der Waals surface area contributed by atoms with Gasteiger partial charge in [0.25, 0.3) is 0 Å². The Morgan fingerprint density at radius 1 is 1.30 bits per heavy atom. The van der Waals surface area contributed by atoms with Gasteiger partial charge in [0, 0.05) is 6.04 Å². The van der Waals surface area contributed by atoms with Crippen LogP contribution in [0.3, 0.4) is 0 Å². The molecule has 1 rings (SSSR count). The van der Waals surface area contributed by atoms with Crippen molar-refractivity contribution in [2.75, 3.05) is 26.7 Å². The van der Waals surface area contributed by atoms with Crippen LogP contribution in [0.25, 0.3) is 0 Å². The number of nitrogens with one attached hydrogen (secondary N) is 1. The number of ether oxygens (including phenoxy) is 1. The summed E-state index contributed by atoms with van der Waals surface area (Å²) in [6.45, 7) is 8.87. The van der Waals surface area contributed by atoms with Gasteiger partial charge in [-0.25, -0.2) is 0 Å². The van der Waals surface area contributed by atoms with Gasteiger partial charge in [-0.05, 0) is 72.5 Å². The molecule has 1 saturated carbocycles. The molecule has 1 atom stereocenters. The third-order valence-electron chi connectivity index (χ3n) is 4.22. The Morgan fingerprint density at radius 2 is 2.00 bits per heavy atom. The normalized spacial score (nSPS) is 18.1. The van der Waals surface area contributed by atoms with E-state index in [1.165, 1.54) is 32.4 Å². The highest BCUT2D eigenvalue weighted by Gasteiger charge is 2.32. The van der Waals surface area contributed by atoms with Crippen LogP contribution in [0.1, 0.15) is 59.3 Å². The molecule has 0 aromatic rings. The second kappa shape index (κ2) is 8.63. The quantitative estimate of drug-likeness (QED) is 0.468. The zero-order chi connectivity index (χ0) is 15.0. The fraction of sp³-hybridized carbons (Fsp3) is 0.938. The highest BCUT2D eigenvalue weighted by molar-refractivity contribution is 5.80. The molecule has 0 aliphatic heterocycles. The van der Waals surface area contributed by atoms with E-state index in [9.17, 15) is 4.79 Å². The summed E-state index contributed by atoms with van der Waals surface area (Å²) in [6.07, 6.45) is 7.03. The summed E-state index contributed by atoms with van der Waals surface area (Å²) >= 11 is 0. The number of esters is 1. The van der Waals surface area contributed by atoms with E-state index in [0.717, 1.165) is 25.3 Å². The first-order valence-corrected chi connectivity index (χ1v) is 8.17. The van der Waals surface area contributed by atoms with Crippen LogP contribution in [-0.2, 0) is 9.53 Å². The maximum absolute atomic E-state index is 11.9. The second-order valence-electron chi connectivity index (χ2n) is 6.03. The number of hydrogen-bond acceptors (Lipinski definition) is 4. The molecular formula is C16H32N2O2. The number of carbonyl (C=O) groups is 1. The minimum Gasteiger partial charge on any atom is -0.465 e. The van der Waals surface area contributed by atoms with Crippen LogP contribution in [0.5, 0.6) is 0 Å². The number of unbranched alkanes of at least 4 members (excludes halogenated alkanes) is 1. The fourth-order valence-electron chi connectivity index (χ4n) is 2.62. The zero-order valence-corrected chi connectivity index (χ0v) is 13.7. The summed E-state index contributed by atoms with van der Waals surface area (Å²) < 4.78 is 5.15. The lowest BCUT2D eigenvalue weighted by Crippen LogP contribution is -2.48. The Kier molecular flexibility index (Phi) is 7.52. The molecule has 4 nitrogen and oxygen atoms in total. The lowest BCUT2D eigenvalue weighted by Gasteiger charge is -2.27. The zero-order valence-electron chi connectivity index (χ0n) is 13.7. The summed E-state index contributed by atoms with van der Waals surface area (Å²) in [6, 6.07) is 0.843. The summed E-state index contributed by atoms with van der Waals surface area (Å²) in [7, 11) is 1.84. The number of likely N-dealkylation sites (N-methyl/N-ethyl adjacent to an activating group) is 1. The highest BCUT2D eigenvalue weighted by atomic mass is 16.5. The molecule has 0 saturated heterocycles. The van der Waals surface area contributed by atoms with Crippen LogP contribution < -0.4 is 5.32 Å². The molecule has 1 fully saturated rings. The molecule has 4 heteroatoms. The molecule has 1 aliphatic carbocycles. The Bertz CT molecular complexity index is 292. The average molecular weight is 284 g/mol.